The lowest BCUT2D eigenvalue weighted by molar-refractivity contribution is 0.295. The summed E-state index contributed by atoms with van der Waals surface area (Å²) < 4.78 is 32.9. The fourth-order valence-corrected chi connectivity index (χ4v) is 5.23. The van der Waals surface area contributed by atoms with Crippen molar-refractivity contribution in [3.63, 3.8) is 0 Å². The molecular weight excluding hydrogens is 415 g/mol. The van der Waals surface area contributed by atoms with Crippen LogP contribution in [0.5, 0.6) is 5.75 Å². The summed E-state index contributed by atoms with van der Waals surface area (Å²) in [6.45, 7) is 1.64. The number of ether oxygens (including phenoxy) is 1. The second kappa shape index (κ2) is 8.17. The van der Waals surface area contributed by atoms with Crippen LogP contribution in [0.2, 0.25) is 5.02 Å². The first-order chi connectivity index (χ1) is 9.87. The Morgan fingerprint density at radius 3 is 2.50 bits per heavy atom. The van der Waals surface area contributed by atoms with Crippen molar-refractivity contribution in [1.82, 2.24) is 9.62 Å². The molecule has 0 bridgehead atoms. The van der Waals surface area contributed by atoms with Crippen molar-refractivity contribution in [2.75, 3.05) is 27.2 Å². The highest BCUT2D eigenvalue weighted by atomic mass is 79.9. The molecule has 0 aromatic heterocycles. The van der Waals surface area contributed by atoms with Crippen LogP contribution in [0.25, 0.3) is 0 Å². The highest BCUT2D eigenvalue weighted by molar-refractivity contribution is 9.10. The van der Waals surface area contributed by atoms with Gasteiger partial charge in [-0.3, -0.25) is 0 Å². The highest BCUT2D eigenvalue weighted by Crippen LogP contribution is 2.37. The average Bonchev–Trinajstić information content (AvgIpc) is 2.46. The Morgan fingerprint density at radius 2 is 1.95 bits per heavy atom. The molecule has 1 aliphatic heterocycles. The topological polar surface area (TPSA) is 58.6 Å². The molecule has 126 valence electrons. The van der Waals surface area contributed by atoms with E-state index < -0.39 is 10.0 Å². The van der Waals surface area contributed by atoms with E-state index in [1.54, 1.807) is 13.1 Å². The summed E-state index contributed by atoms with van der Waals surface area (Å²) in [4.78, 5) is 0.0883. The Kier molecular flexibility index (Phi) is 7.42. The number of piperidine rings is 1. The third kappa shape index (κ3) is 4.07. The Labute approximate surface area is 150 Å². The molecule has 0 aliphatic carbocycles. The van der Waals surface area contributed by atoms with Gasteiger partial charge in [0.25, 0.3) is 0 Å². The molecule has 0 unspecified atom stereocenters. The summed E-state index contributed by atoms with van der Waals surface area (Å²) in [5, 5.41) is 3.57. The monoisotopic (exact) mass is 432 g/mol. The van der Waals surface area contributed by atoms with E-state index in [0.29, 0.717) is 9.50 Å². The molecule has 9 heteroatoms. The number of nitrogens with one attached hydrogen (secondary N) is 1. The molecule has 1 fully saturated rings. The number of benzene rings is 1. The smallest absolute Gasteiger partial charge is 0.246 e. The predicted octanol–water partition coefficient (Wildman–Crippen LogP) is 2.91. The maximum absolute atomic E-state index is 12.9. The van der Waals surface area contributed by atoms with Crippen LogP contribution in [0.4, 0.5) is 0 Å². The Hall–Kier alpha value is -0.0500. The van der Waals surface area contributed by atoms with E-state index in [-0.39, 0.29) is 29.1 Å². The van der Waals surface area contributed by atoms with Crippen LogP contribution in [0.1, 0.15) is 12.8 Å². The minimum Gasteiger partial charge on any atom is -0.494 e. The molecule has 0 spiro atoms. The highest BCUT2D eigenvalue weighted by Gasteiger charge is 2.32. The number of sulfonamides is 1. The van der Waals surface area contributed by atoms with Crippen molar-refractivity contribution in [2.24, 2.45) is 0 Å². The van der Waals surface area contributed by atoms with E-state index in [2.05, 4.69) is 21.2 Å². The van der Waals surface area contributed by atoms with Gasteiger partial charge in [-0.25, -0.2) is 8.42 Å². The second-order valence-corrected chi connectivity index (χ2v) is 8.18. The molecular formula is C13H19BrCl2N2O3S. The van der Waals surface area contributed by atoms with Gasteiger partial charge in [0, 0.05) is 18.1 Å². The molecule has 0 atom stereocenters. The predicted molar refractivity (Wildman–Crippen MR) is 93.8 cm³/mol. The van der Waals surface area contributed by atoms with E-state index in [0.717, 1.165) is 25.9 Å². The Balaban J connectivity index is 0.00000242. The van der Waals surface area contributed by atoms with E-state index >= 15 is 0 Å². The van der Waals surface area contributed by atoms with Crippen LogP contribution >= 0.6 is 39.9 Å². The molecule has 1 N–H and O–H groups in total. The maximum Gasteiger partial charge on any atom is 0.246 e. The van der Waals surface area contributed by atoms with Gasteiger partial charge in [0.05, 0.1) is 11.6 Å². The van der Waals surface area contributed by atoms with Gasteiger partial charge in [-0.15, -0.1) is 12.4 Å². The van der Waals surface area contributed by atoms with Crippen molar-refractivity contribution in [3.8, 4) is 5.75 Å². The van der Waals surface area contributed by atoms with Gasteiger partial charge in [0.1, 0.15) is 4.90 Å². The molecule has 22 heavy (non-hydrogen) atoms. The Bertz CT molecular complexity index is 622. The van der Waals surface area contributed by atoms with Crippen molar-refractivity contribution in [3.05, 3.63) is 21.6 Å². The van der Waals surface area contributed by atoms with Crippen LogP contribution in [-0.2, 0) is 10.0 Å². The number of rotatable bonds is 4. The van der Waals surface area contributed by atoms with Crippen molar-refractivity contribution < 1.29 is 13.2 Å². The van der Waals surface area contributed by atoms with Crippen molar-refractivity contribution in [2.45, 2.75) is 23.8 Å². The van der Waals surface area contributed by atoms with Crippen molar-refractivity contribution in [1.29, 1.82) is 0 Å². The zero-order chi connectivity index (χ0) is 15.6. The lowest BCUT2D eigenvalue weighted by Crippen LogP contribution is -2.43. The molecule has 1 aliphatic rings. The summed E-state index contributed by atoms with van der Waals surface area (Å²) in [6, 6.07) is 3.03. The first-order valence-electron chi connectivity index (χ1n) is 6.59. The van der Waals surface area contributed by atoms with Gasteiger partial charge in [-0.05, 0) is 54.0 Å². The maximum atomic E-state index is 12.9. The quantitative estimate of drug-likeness (QED) is 0.792. The fraction of sp³-hybridized carbons (Fsp3) is 0.538. The van der Waals surface area contributed by atoms with Crippen LogP contribution < -0.4 is 10.1 Å². The number of halogens is 3. The molecule has 0 amide bonds. The minimum absolute atomic E-state index is 0. The van der Waals surface area contributed by atoms with Gasteiger partial charge in [0.2, 0.25) is 10.0 Å². The third-order valence-corrected chi connectivity index (χ3v) is 6.38. The molecule has 1 aromatic carbocycles. The van der Waals surface area contributed by atoms with Gasteiger partial charge in [-0.1, -0.05) is 11.6 Å². The molecule has 1 heterocycles. The summed E-state index contributed by atoms with van der Waals surface area (Å²) in [5.41, 5.74) is 0. The second-order valence-electron chi connectivity index (χ2n) is 4.92. The zero-order valence-corrected chi connectivity index (χ0v) is 16.3. The number of methoxy groups -OCH3 is 1. The first-order valence-corrected chi connectivity index (χ1v) is 9.21. The minimum atomic E-state index is -3.66. The lowest BCUT2D eigenvalue weighted by Gasteiger charge is -2.31. The molecule has 2 rings (SSSR count). The molecule has 0 radical (unpaired) electrons. The van der Waals surface area contributed by atoms with E-state index in [1.807, 2.05) is 0 Å². The van der Waals surface area contributed by atoms with E-state index in [1.165, 1.54) is 17.5 Å². The van der Waals surface area contributed by atoms with Gasteiger partial charge in [-0.2, -0.15) is 4.31 Å². The van der Waals surface area contributed by atoms with Crippen molar-refractivity contribution >= 4 is 50.0 Å². The molecule has 1 aromatic rings. The van der Waals surface area contributed by atoms with Gasteiger partial charge >= 0.3 is 0 Å². The SMILES string of the molecule is COc1c(Br)cc(Cl)cc1S(=O)(=O)N(C)C1CCNCC1.Cl. The zero-order valence-electron chi connectivity index (χ0n) is 12.3. The lowest BCUT2D eigenvalue weighted by atomic mass is 10.1. The average molecular weight is 434 g/mol. The third-order valence-electron chi connectivity index (χ3n) is 3.66. The van der Waals surface area contributed by atoms with E-state index in [9.17, 15) is 8.42 Å². The summed E-state index contributed by atoms with van der Waals surface area (Å²) >= 11 is 9.29. The van der Waals surface area contributed by atoms with Crippen LogP contribution in [0.15, 0.2) is 21.5 Å². The van der Waals surface area contributed by atoms with E-state index in [4.69, 9.17) is 16.3 Å². The fourth-order valence-electron chi connectivity index (χ4n) is 2.45. The van der Waals surface area contributed by atoms with Crippen LogP contribution in [-0.4, -0.2) is 46.0 Å². The number of hydrogen-bond donors (Lipinski definition) is 1. The van der Waals surface area contributed by atoms with Gasteiger partial charge in [0.15, 0.2) is 5.75 Å². The molecule has 0 saturated carbocycles. The summed E-state index contributed by atoms with van der Waals surface area (Å²) in [6.07, 6.45) is 1.58. The summed E-state index contributed by atoms with van der Waals surface area (Å²) in [7, 11) is -0.608. The number of hydrogen-bond acceptors (Lipinski definition) is 4. The van der Waals surface area contributed by atoms with Crippen LogP contribution in [0, 0.1) is 0 Å². The summed E-state index contributed by atoms with van der Waals surface area (Å²) in [5.74, 6) is 0.278. The van der Waals surface area contributed by atoms with Crippen LogP contribution in [0.3, 0.4) is 0 Å². The molecule has 5 nitrogen and oxygen atoms in total. The standard InChI is InChI=1S/C13H18BrClN2O3S.ClH/c1-17(10-3-5-16-6-4-10)21(18,19)12-8-9(15)7-11(14)13(12)20-2;/h7-8,10,16H,3-6H2,1-2H3;1H. The number of nitrogens with zero attached hydrogens (tertiary/aromatic N) is 1. The largest absolute Gasteiger partial charge is 0.494 e. The first kappa shape index (κ1) is 20.0. The normalized spacial score (nSPS) is 16.4. The molecule has 1 saturated heterocycles. The Morgan fingerprint density at radius 1 is 1.36 bits per heavy atom. The van der Waals surface area contributed by atoms with Gasteiger partial charge < -0.3 is 10.1 Å².